The Hall–Kier alpha value is -2.27. The van der Waals surface area contributed by atoms with Crippen molar-refractivity contribution in [3.63, 3.8) is 0 Å². The van der Waals surface area contributed by atoms with E-state index in [4.69, 9.17) is 22.4 Å². The molecule has 3 N–H and O–H groups in total. The first-order chi connectivity index (χ1) is 9.45. The third-order valence-corrected chi connectivity index (χ3v) is 2.50. The summed E-state index contributed by atoms with van der Waals surface area (Å²) in [4.78, 5) is 20.5. The number of carbonyl (C=O) groups excluding carboxylic acids is 1. The molecular weight excluding hydrogens is 282 g/mol. The number of aromatic carboxylic acids is 1. The zero-order chi connectivity index (χ0) is 15.1. The van der Waals surface area contributed by atoms with Gasteiger partial charge in [0.1, 0.15) is 0 Å². The fourth-order valence-corrected chi connectivity index (χ4v) is 1.71. The van der Waals surface area contributed by atoms with Gasteiger partial charge in [-0.05, 0) is 35.9 Å². The van der Waals surface area contributed by atoms with Crippen molar-refractivity contribution in [1.29, 1.82) is 0 Å². The van der Waals surface area contributed by atoms with Crippen molar-refractivity contribution < 1.29 is 19.4 Å². The molecule has 0 aliphatic heterocycles. The van der Waals surface area contributed by atoms with E-state index in [0.29, 0.717) is 23.2 Å². The molecule has 2 aromatic rings. The highest BCUT2D eigenvalue weighted by molar-refractivity contribution is 6.61. The van der Waals surface area contributed by atoms with Gasteiger partial charge in [-0.2, -0.15) is 0 Å². The molecule has 0 heterocycles. The molecule has 0 fully saturated rings. The lowest BCUT2D eigenvalue weighted by atomic mass is 10.0. The van der Waals surface area contributed by atoms with Gasteiger partial charge < -0.3 is 15.6 Å². The van der Waals surface area contributed by atoms with Crippen LogP contribution in [0.15, 0.2) is 36.4 Å². The molecular formula is C14H14ClNO4. The number of hydrogen-bond acceptors (Lipinski definition) is 4. The zero-order valence-electron chi connectivity index (χ0n) is 10.8. The summed E-state index contributed by atoms with van der Waals surface area (Å²) < 4.78 is 4.17. The lowest BCUT2D eigenvalue weighted by molar-refractivity contribution is 0.0699. The van der Waals surface area contributed by atoms with Crippen LogP contribution in [0.2, 0.25) is 0 Å². The maximum Gasteiger partial charge on any atom is 0.403 e. The van der Waals surface area contributed by atoms with Gasteiger partial charge in [-0.15, -0.1) is 0 Å². The van der Waals surface area contributed by atoms with Crippen LogP contribution in [0, 0.1) is 0 Å². The van der Waals surface area contributed by atoms with Gasteiger partial charge in [-0.1, -0.05) is 18.2 Å². The number of fused-ring (bicyclic) bond motifs is 1. The molecule has 0 aliphatic carbocycles. The van der Waals surface area contributed by atoms with Gasteiger partial charge in [0.2, 0.25) is 0 Å². The van der Waals surface area contributed by atoms with Crippen molar-refractivity contribution in [2.45, 2.75) is 6.92 Å². The lowest BCUT2D eigenvalue weighted by Gasteiger charge is -2.02. The van der Waals surface area contributed by atoms with Crippen molar-refractivity contribution in [2.75, 3.05) is 12.3 Å². The summed E-state index contributed by atoms with van der Waals surface area (Å²) in [6, 6.07) is 10.3. The van der Waals surface area contributed by atoms with Crippen LogP contribution in [-0.4, -0.2) is 23.1 Å². The predicted molar refractivity (Wildman–Crippen MR) is 78.2 cm³/mol. The van der Waals surface area contributed by atoms with E-state index < -0.39 is 11.4 Å². The number of rotatable bonds is 2. The Kier molecular flexibility index (Phi) is 5.80. The number of hydrogen-bond donors (Lipinski definition) is 2. The molecule has 0 saturated heterocycles. The van der Waals surface area contributed by atoms with E-state index >= 15 is 0 Å². The quantitative estimate of drug-likeness (QED) is 0.653. The Labute approximate surface area is 120 Å². The molecule has 5 nitrogen and oxygen atoms in total. The summed E-state index contributed by atoms with van der Waals surface area (Å²) >= 11 is 4.72. The number of ether oxygens (including phenoxy) is 1. The number of nitrogen functional groups attached to an aromatic ring is 1. The first-order valence-corrected chi connectivity index (χ1v) is 6.17. The van der Waals surface area contributed by atoms with Crippen LogP contribution >= 0.6 is 11.6 Å². The first kappa shape index (κ1) is 15.8. The minimum absolute atomic E-state index is 0.308. The molecule has 0 aromatic heterocycles. The molecule has 20 heavy (non-hydrogen) atoms. The molecule has 0 atom stereocenters. The van der Waals surface area contributed by atoms with Gasteiger partial charge >= 0.3 is 11.4 Å². The van der Waals surface area contributed by atoms with Crippen LogP contribution in [0.1, 0.15) is 17.3 Å². The molecule has 0 unspecified atom stereocenters. The van der Waals surface area contributed by atoms with Crippen molar-refractivity contribution in [3.8, 4) is 0 Å². The van der Waals surface area contributed by atoms with E-state index in [-0.39, 0.29) is 0 Å². The number of nitrogens with two attached hydrogens (primary N) is 1. The van der Waals surface area contributed by atoms with Crippen LogP contribution in [0.25, 0.3) is 10.8 Å². The van der Waals surface area contributed by atoms with Gasteiger partial charge in [0, 0.05) is 17.3 Å². The number of anilines is 1. The second kappa shape index (κ2) is 7.35. The van der Waals surface area contributed by atoms with Gasteiger partial charge in [0.05, 0.1) is 12.2 Å². The molecule has 0 saturated carbocycles. The fraction of sp³-hybridized carbons (Fsp3) is 0.143. The second-order valence-electron chi connectivity index (χ2n) is 3.76. The number of halogens is 1. The van der Waals surface area contributed by atoms with E-state index in [1.54, 1.807) is 37.3 Å². The van der Waals surface area contributed by atoms with Gasteiger partial charge in [0.15, 0.2) is 0 Å². The molecule has 2 rings (SSSR count). The Balaban J connectivity index is 0.000000286. The van der Waals surface area contributed by atoms with Crippen molar-refractivity contribution in [3.05, 3.63) is 42.0 Å². The normalized spacial score (nSPS) is 9.50. The molecule has 2 aromatic carbocycles. The van der Waals surface area contributed by atoms with Gasteiger partial charge in [-0.25, -0.2) is 9.59 Å². The van der Waals surface area contributed by atoms with Crippen LogP contribution in [0.5, 0.6) is 0 Å². The number of carboxylic acid groups (broad SMARTS) is 1. The summed E-state index contributed by atoms with van der Waals surface area (Å²) in [7, 11) is 0. The maximum absolute atomic E-state index is 10.9. The second-order valence-corrected chi connectivity index (χ2v) is 4.07. The van der Waals surface area contributed by atoms with Crippen LogP contribution < -0.4 is 5.73 Å². The molecule has 6 heteroatoms. The topological polar surface area (TPSA) is 89.6 Å². The first-order valence-electron chi connectivity index (χ1n) is 5.79. The van der Waals surface area contributed by atoms with Gasteiger partial charge in [-0.3, -0.25) is 0 Å². The SMILES string of the molecule is CCOC(=O)Cl.Nc1ccc2c(C(=O)O)cccc2c1. The summed E-state index contributed by atoms with van der Waals surface area (Å²) in [5.74, 6) is -0.916. The van der Waals surface area contributed by atoms with Crippen molar-refractivity contribution in [2.24, 2.45) is 0 Å². The summed E-state index contributed by atoms with van der Waals surface area (Å²) in [5, 5.41) is 10.5. The van der Waals surface area contributed by atoms with Crippen LogP contribution in [0.4, 0.5) is 10.5 Å². The Morgan fingerprint density at radius 2 is 2.00 bits per heavy atom. The van der Waals surface area contributed by atoms with E-state index in [1.165, 1.54) is 0 Å². The van der Waals surface area contributed by atoms with E-state index in [2.05, 4.69) is 4.74 Å². The average molecular weight is 296 g/mol. The summed E-state index contributed by atoms with van der Waals surface area (Å²) in [5.41, 5.74) is 5.81. The maximum atomic E-state index is 10.9. The van der Waals surface area contributed by atoms with Crippen LogP contribution in [-0.2, 0) is 4.74 Å². The molecule has 0 aliphatic rings. The highest BCUT2D eigenvalue weighted by Gasteiger charge is 2.06. The third kappa shape index (κ3) is 4.44. The Bertz CT molecular complexity index is 628. The van der Waals surface area contributed by atoms with E-state index in [0.717, 1.165) is 5.39 Å². The molecule has 0 bridgehead atoms. The van der Waals surface area contributed by atoms with E-state index in [1.807, 2.05) is 6.07 Å². The Morgan fingerprint density at radius 3 is 2.50 bits per heavy atom. The third-order valence-electron chi connectivity index (χ3n) is 2.39. The van der Waals surface area contributed by atoms with Gasteiger partial charge in [0.25, 0.3) is 0 Å². The zero-order valence-corrected chi connectivity index (χ0v) is 11.6. The van der Waals surface area contributed by atoms with Crippen molar-refractivity contribution in [1.82, 2.24) is 0 Å². The summed E-state index contributed by atoms with van der Waals surface area (Å²) in [6.07, 6.45) is 0. The predicted octanol–water partition coefficient (Wildman–Crippen LogP) is 3.50. The molecule has 0 spiro atoms. The highest BCUT2D eigenvalue weighted by Crippen LogP contribution is 2.21. The largest absolute Gasteiger partial charge is 0.478 e. The molecule has 0 amide bonds. The number of carbonyl (C=O) groups is 2. The fourth-order valence-electron chi connectivity index (χ4n) is 1.60. The molecule has 0 radical (unpaired) electrons. The highest BCUT2D eigenvalue weighted by atomic mass is 35.5. The standard InChI is InChI=1S/C11H9NO2.C3H5ClO2/c12-8-4-5-9-7(6-8)2-1-3-10(9)11(13)14;1-2-6-3(4)5/h1-6H,12H2,(H,13,14);2H2,1H3. The minimum atomic E-state index is -0.916. The summed E-state index contributed by atoms with van der Waals surface area (Å²) in [6.45, 7) is 2.04. The number of benzene rings is 2. The monoisotopic (exact) mass is 295 g/mol. The van der Waals surface area contributed by atoms with Crippen LogP contribution in [0.3, 0.4) is 0 Å². The average Bonchev–Trinajstić information content (AvgIpc) is 2.38. The van der Waals surface area contributed by atoms with Crippen molar-refractivity contribution >= 4 is 39.5 Å². The lowest BCUT2D eigenvalue weighted by Crippen LogP contribution is -1.97. The molecule has 106 valence electrons. The van der Waals surface area contributed by atoms with E-state index in [9.17, 15) is 9.59 Å². The Morgan fingerprint density at radius 1 is 1.30 bits per heavy atom. The smallest absolute Gasteiger partial charge is 0.403 e. The number of carboxylic acids is 1. The minimum Gasteiger partial charge on any atom is -0.478 e.